The average molecular weight is 352 g/mol. The van der Waals surface area contributed by atoms with Gasteiger partial charge in [-0.05, 0) is 31.4 Å². The summed E-state index contributed by atoms with van der Waals surface area (Å²) in [4.78, 5) is 25.3. The summed E-state index contributed by atoms with van der Waals surface area (Å²) < 4.78 is 5.30. The lowest BCUT2D eigenvalue weighted by Crippen LogP contribution is -2.43. The quantitative estimate of drug-likeness (QED) is 0.753. The van der Waals surface area contributed by atoms with Crippen LogP contribution in [0.25, 0.3) is 0 Å². The molecule has 2 aromatic carbocycles. The molecule has 0 saturated heterocycles. The molecule has 1 saturated carbocycles. The first-order valence-electron chi connectivity index (χ1n) is 8.83. The summed E-state index contributed by atoms with van der Waals surface area (Å²) >= 11 is 0. The van der Waals surface area contributed by atoms with Crippen molar-refractivity contribution in [1.29, 1.82) is 0 Å². The predicted molar refractivity (Wildman–Crippen MR) is 99.5 cm³/mol. The molecule has 1 unspecified atom stereocenters. The Balaban J connectivity index is 1.61. The number of para-hydroxylation sites is 1. The zero-order valence-electron chi connectivity index (χ0n) is 15.1. The number of carbonyl (C=O) groups is 2. The summed E-state index contributed by atoms with van der Waals surface area (Å²) in [5, 5.41) is 5.87. The fraction of sp³-hybridized carbons (Fsp3) is 0.333. The van der Waals surface area contributed by atoms with Gasteiger partial charge in [-0.15, -0.1) is 0 Å². The van der Waals surface area contributed by atoms with E-state index in [2.05, 4.69) is 10.6 Å². The third-order valence-electron chi connectivity index (χ3n) is 4.90. The van der Waals surface area contributed by atoms with Gasteiger partial charge in [0.1, 0.15) is 11.2 Å². The first-order valence-corrected chi connectivity index (χ1v) is 8.83. The van der Waals surface area contributed by atoms with Crippen molar-refractivity contribution in [3.05, 3.63) is 65.7 Å². The molecule has 2 N–H and O–H groups in total. The van der Waals surface area contributed by atoms with Crippen LogP contribution in [0.2, 0.25) is 0 Å². The van der Waals surface area contributed by atoms with Crippen LogP contribution >= 0.6 is 0 Å². The molecule has 1 aliphatic carbocycles. The number of ether oxygens (including phenoxy) is 1. The summed E-state index contributed by atoms with van der Waals surface area (Å²) in [6.07, 6.45) is 1.16. The number of methoxy groups -OCH3 is 1. The van der Waals surface area contributed by atoms with Gasteiger partial charge in [0.05, 0.1) is 13.2 Å². The van der Waals surface area contributed by atoms with Crippen molar-refractivity contribution in [2.75, 3.05) is 7.11 Å². The molecule has 136 valence electrons. The van der Waals surface area contributed by atoms with Gasteiger partial charge in [-0.2, -0.15) is 0 Å². The van der Waals surface area contributed by atoms with Crippen molar-refractivity contribution in [3.8, 4) is 5.75 Å². The van der Waals surface area contributed by atoms with Crippen molar-refractivity contribution >= 4 is 11.8 Å². The van der Waals surface area contributed by atoms with Gasteiger partial charge in [0.15, 0.2) is 0 Å². The normalized spacial score (nSPS) is 15.6. The molecule has 3 rings (SSSR count). The Hall–Kier alpha value is -2.82. The van der Waals surface area contributed by atoms with E-state index in [9.17, 15) is 9.59 Å². The summed E-state index contributed by atoms with van der Waals surface area (Å²) in [5.74, 6) is 0.298. The van der Waals surface area contributed by atoms with E-state index < -0.39 is 5.41 Å². The second-order valence-electron chi connectivity index (χ2n) is 6.68. The van der Waals surface area contributed by atoms with Crippen LogP contribution in [0.5, 0.6) is 5.75 Å². The number of rotatable bonds is 7. The highest BCUT2D eigenvalue weighted by Gasteiger charge is 2.56. The van der Waals surface area contributed by atoms with Gasteiger partial charge >= 0.3 is 0 Å². The minimum Gasteiger partial charge on any atom is -0.496 e. The van der Waals surface area contributed by atoms with Gasteiger partial charge < -0.3 is 15.4 Å². The van der Waals surface area contributed by atoms with E-state index in [0.717, 1.165) is 16.9 Å². The maximum atomic E-state index is 12.7. The Morgan fingerprint density at radius 3 is 2.35 bits per heavy atom. The average Bonchev–Trinajstić information content (AvgIpc) is 3.49. The lowest BCUT2D eigenvalue weighted by molar-refractivity contribution is -0.137. The Labute approximate surface area is 153 Å². The fourth-order valence-corrected chi connectivity index (χ4v) is 3.04. The zero-order valence-corrected chi connectivity index (χ0v) is 15.1. The van der Waals surface area contributed by atoms with E-state index >= 15 is 0 Å². The molecule has 2 amide bonds. The first kappa shape index (κ1) is 18.0. The molecule has 26 heavy (non-hydrogen) atoms. The van der Waals surface area contributed by atoms with Gasteiger partial charge in [-0.3, -0.25) is 9.59 Å². The number of benzene rings is 2. The Morgan fingerprint density at radius 2 is 1.69 bits per heavy atom. The standard InChI is InChI=1S/C21H24N2O3/c1-15(16-8-4-3-5-9-16)23-20(25)21(12-13-21)19(24)22-14-17-10-6-7-11-18(17)26-2/h3-11,15H,12-14H2,1-2H3,(H,22,24)(H,23,25). The lowest BCUT2D eigenvalue weighted by Gasteiger charge is -2.20. The molecule has 2 aromatic rings. The van der Waals surface area contributed by atoms with Crippen LogP contribution in [-0.2, 0) is 16.1 Å². The molecule has 0 bridgehead atoms. The van der Waals surface area contributed by atoms with E-state index in [0.29, 0.717) is 19.4 Å². The molecule has 1 aliphatic rings. The van der Waals surface area contributed by atoms with E-state index in [-0.39, 0.29) is 17.9 Å². The van der Waals surface area contributed by atoms with Crippen molar-refractivity contribution < 1.29 is 14.3 Å². The molecule has 1 fully saturated rings. The van der Waals surface area contributed by atoms with Crippen molar-refractivity contribution in [2.45, 2.75) is 32.4 Å². The number of nitrogens with one attached hydrogen (secondary N) is 2. The van der Waals surface area contributed by atoms with Gasteiger partial charge in [0.2, 0.25) is 11.8 Å². The maximum Gasteiger partial charge on any atom is 0.236 e. The number of hydrogen-bond acceptors (Lipinski definition) is 3. The van der Waals surface area contributed by atoms with Gasteiger partial charge in [0.25, 0.3) is 0 Å². The molecular weight excluding hydrogens is 328 g/mol. The minimum atomic E-state index is -0.939. The van der Waals surface area contributed by atoms with E-state index in [1.54, 1.807) is 7.11 Å². The molecule has 0 radical (unpaired) electrons. The van der Waals surface area contributed by atoms with Crippen LogP contribution in [0.3, 0.4) is 0 Å². The summed E-state index contributed by atoms with van der Waals surface area (Å²) in [6.45, 7) is 2.27. The predicted octanol–water partition coefficient (Wildman–Crippen LogP) is 2.97. The van der Waals surface area contributed by atoms with Crippen molar-refractivity contribution in [1.82, 2.24) is 10.6 Å². The third-order valence-corrected chi connectivity index (χ3v) is 4.90. The van der Waals surface area contributed by atoms with Crippen LogP contribution in [0.1, 0.15) is 36.9 Å². The van der Waals surface area contributed by atoms with Crippen LogP contribution in [0.4, 0.5) is 0 Å². The van der Waals surface area contributed by atoms with Crippen molar-refractivity contribution in [3.63, 3.8) is 0 Å². The van der Waals surface area contributed by atoms with E-state index in [1.165, 1.54) is 0 Å². The molecule has 0 aliphatic heterocycles. The SMILES string of the molecule is COc1ccccc1CNC(=O)C1(C(=O)NC(C)c2ccccc2)CC1. The maximum absolute atomic E-state index is 12.7. The zero-order chi connectivity index (χ0) is 18.6. The summed E-state index contributed by atoms with van der Waals surface area (Å²) in [5.41, 5.74) is 0.966. The van der Waals surface area contributed by atoms with Crippen LogP contribution in [0, 0.1) is 5.41 Å². The molecule has 1 atom stereocenters. The number of hydrogen-bond donors (Lipinski definition) is 2. The number of carbonyl (C=O) groups excluding carboxylic acids is 2. The molecule has 0 heterocycles. The molecule has 0 spiro atoms. The highest BCUT2D eigenvalue weighted by molar-refractivity contribution is 6.07. The van der Waals surface area contributed by atoms with Crippen LogP contribution in [-0.4, -0.2) is 18.9 Å². The molecule has 5 heteroatoms. The van der Waals surface area contributed by atoms with Gasteiger partial charge in [-0.1, -0.05) is 48.5 Å². The van der Waals surface area contributed by atoms with Gasteiger partial charge in [-0.25, -0.2) is 0 Å². The highest BCUT2D eigenvalue weighted by atomic mass is 16.5. The second-order valence-corrected chi connectivity index (χ2v) is 6.68. The second kappa shape index (κ2) is 7.60. The van der Waals surface area contributed by atoms with E-state index in [4.69, 9.17) is 4.74 Å². The molecular formula is C21H24N2O3. The topological polar surface area (TPSA) is 67.4 Å². The first-order chi connectivity index (χ1) is 12.6. The summed E-state index contributed by atoms with van der Waals surface area (Å²) in [7, 11) is 1.60. The molecule has 0 aromatic heterocycles. The third kappa shape index (κ3) is 3.72. The largest absolute Gasteiger partial charge is 0.496 e. The smallest absolute Gasteiger partial charge is 0.236 e. The fourth-order valence-electron chi connectivity index (χ4n) is 3.04. The Bertz CT molecular complexity index is 785. The lowest BCUT2D eigenvalue weighted by atomic mass is 10.0. The highest BCUT2D eigenvalue weighted by Crippen LogP contribution is 2.46. The minimum absolute atomic E-state index is 0.136. The van der Waals surface area contributed by atoms with Gasteiger partial charge in [0, 0.05) is 12.1 Å². The number of amides is 2. The Morgan fingerprint density at radius 1 is 1.04 bits per heavy atom. The monoisotopic (exact) mass is 352 g/mol. The summed E-state index contributed by atoms with van der Waals surface area (Å²) in [6, 6.07) is 17.1. The van der Waals surface area contributed by atoms with Crippen LogP contribution < -0.4 is 15.4 Å². The Kier molecular flexibility index (Phi) is 5.26. The molecule has 5 nitrogen and oxygen atoms in total. The van der Waals surface area contributed by atoms with Crippen molar-refractivity contribution in [2.24, 2.45) is 5.41 Å². The van der Waals surface area contributed by atoms with Crippen LogP contribution in [0.15, 0.2) is 54.6 Å². The van der Waals surface area contributed by atoms with E-state index in [1.807, 2.05) is 61.5 Å².